The minimum Gasteiger partial charge on any atom is -0.392 e. The molecule has 1 N–H and O–H groups in total. The molecule has 110 valence electrons. The number of aliphatic hydroxyl groups is 1. The highest BCUT2D eigenvalue weighted by Gasteiger charge is 2.14. The van der Waals surface area contributed by atoms with Crippen LogP contribution in [-0.4, -0.2) is 11.2 Å². The zero-order valence-electron chi connectivity index (χ0n) is 13.2. The van der Waals surface area contributed by atoms with Crippen molar-refractivity contribution >= 4 is 0 Å². The van der Waals surface area contributed by atoms with Crippen molar-refractivity contribution in [2.75, 3.05) is 0 Å². The second kappa shape index (κ2) is 6.58. The maximum Gasteiger partial charge on any atom is 0.0617 e. The Balaban J connectivity index is 1.91. The number of aliphatic hydroxyl groups excluding tert-OH is 1. The molecule has 0 heterocycles. The quantitative estimate of drug-likeness (QED) is 0.782. The van der Waals surface area contributed by atoms with E-state index in [9.17, 15) is 5.11 Å². The molecule has 1 aromatic carbocycles. The Bertz CT molecular complexity index is 448. The molecule has 0 saturated heterocycles. The lowest BCUT2D eigenvalue weighted by Gasteiger charge is -2.20. The van der Waals surface area contributed by atoms with Gasteiger partial charge in [-0.3, -0.25) is 0 Å². The molecule has 1 unspecified atom stereocenters. The second-order valence-corrected chi connectivity index (χ2v) is 7.12. The highest BCUT2D eigenvalue weighted by atomic mass is 16.3. The third kappa shape index (κ3) is 4.49. The van der Waals surface area contributed by atoms with Crippen LogP contribution in [0, 0.1) is 0 Å². The largest absolute Gasteiger partial charge is 0.392 e. The average molecular weight is 272 g/mol. The Morgan fingerprint density at radius 1 is 1.05 bits per heavy atom. The molecule has 0 aromatic heterocycles. The van der Waals surface area contributed by atoms with Crippen LogP contribution in [0.3, 0.4) is 0 Å². The van der Waals surface area contributed by atoms with Crippen molar-refractivity contribution < 1.29 is 5.11 Å². The van der Waals surface area contributed by atoms with Gasteiger partial charge < -0.3 is 5.11 Å². The number of benzene rings is 1. The average Bonchev–Trinajstić information content (AvgIpc) is 2.39. The minimum atomic E-state index is -0.236. The van der Waals surface area contributed by atoms with E-state index in [2.05, 4.69) is 51.1 Å². The number of rotatable bonds is 4. The van der Waals surface area contributed by atoms with Crippen LogP contribution < -0.4 is 0 Å². The predicted molar refractivity (Wildman–Crippen MR) is 86.0 cm³/mol. The van der Waals surface area contributed by atoms with Gasteiger partial charge in [-0.05, 0) is 55.1 Å². The van der Waals surface area contributed by atoms with Gasteiger partial charge in [0.25, 0.3) is 0 Å². The molecule has 0 bridgehead atoms. The monoisotopic (exact) mass is 272 g/mol. The first kappa shape index (κ1) is 15.3. The fraction of sp³-hybridized carbons (Fsp3) is 0.579. The first-order chi connectivity index (χ1) is 9.45. The van der Waals surface area contributed by atoms with Gasteiger partial charge in [0.2, 0.25) is 0 Å². The maximum atomic E-state index is 10.2. The van der Waals surface area contributed by atoms with Gasteiger partial charge in [0.1, 0.15) is 0 Å². The summed E-state index contributed by atoms with van der Waals surface area (Å²) in [6.07, 6.45) is 8.69. The summed E-state index contributed by atoms with van der Waals surface area (Å²) in [5.74, 6) is 0. The second-order valence-electron chi connectivity index (χ2n) is 7.12. The van der Waals surface area contributed by atoms with Gasteiger partial charge in [-0.2, -0.15) is 0 Å². The fourth-order valence-corrected chi connectivity index (χ4v) is 2.88. The molecular formula is C19H28O. The van der Waals surface area contributed by atoms with E-state index >= 15 is 0 Å². The topological polar surface area (TPSA) is 20.2 Å². The summed E-state index contributed by atoms with van der Waals surface area (Å²) in [5.41, 5.74) is 4.24. The lowest BCUT2D eigenvalue weighted by molar-refractivity contribution is 0.173. The summed E-state index contributed by atoms with van der Waals surface area (Å²) < 4.78 is 0. The van der Waals surface area contributed by atoms with E-state index in [4.69, 9.17) is 0 Å². The van der Waals surface area contributed by atoms with Crippen molar-refractivity contribution in [3.8, 4) is 0 Å². The maximum absolute atomic E-state index is 10.2. The molecule has 0 fully saturated rings. The van der Waals surface area contributed by atoms with E-state index in [0.29, 0.717) is 0 Å². The molecule has 1 aliphatic carbocycles. The van der Waals surface area contributed by atoms with Crippen molar-refractivity contribution in [1.29, 1.82) is 0 Å². The van der Waals surface area contributed by atoms with Gasteiger partial charge in [0.15, 0.2) is 0 Å². The molecule has 1 nitrogen and oxygen atoms in total. The molecular weight excluding hydrogens is 244 g/mol. The van der Waals surface area contributed by atoms with E-state index in [-0.39, 0.29) is 11.5 Å². The fourth-order valence-electron chi connectivity index (χ4n) is 2.88. The van der Waals surface area contributed by atoms with Gasteiger partial charge in [-0.15, -0.1) is 0 Å². The predicted octanol–water partition coefficient (Wildman–Crippen LogP) is 4.78. The standard InChI is InChI=1S/C19H28O/c1-19(2,3)17-11-9-16(10-12-17)14-18(20)13-15-7-5-4-6-8-15/h7,9-12,18,20H,4-6,8,13-14H2,1-3H3. The Labute approximate surface area is 123 Å². The molecule has 0 amide bonds. The van der Waals surface area contributed by atoms with Gasteiger partial charge in [0.05, 0.1) is 6.10 Å². The zero-order chi connectivity index (χ0) is 14.6. The van der Waals surface area contributed by atoms with Crippen molar-refractivity contribution in [3.63, 3.8) is 0 Å². The highest BCUT2D eigenvalue weighted by molar-refractivity contribution is 5.28. The van der Waals surface area contributed by atoms with E-state index < -0.39 is 0 Å². The molecule has 1 heteroatoms. The van der Waals surface area contributed by atoms with Crippen LogP contribution in [0.2, 0.25) is 0 Å². The molecule has 20 heavy (non-hydrogen) atoms. The van der Waals surface area contributed by atoms with Crippen LogP contribution in [0.4, 0.5) is 0 Å². The lowest BCUT2D eigenvalue weighted by Crippen LogP contribution is -2.14. The number of hydrogen-bond acceptors (Lipinski definition) is 1. The Kier molecular flexibility index (Phi) is 5.04. The zero-order valence-corrected chi connectivity index (χ0v) is 13.2. The lowest BCUT2D eigenvalue weighted by atomic mass is 9.86. The van der Waals surface area contributed by atoms with Crippen molar-refractivity contribution in [3.05, 3.63) is 47.0 Å². The van der Waals surface area contributed by atoms with Crippen LogP contribution in [-0.2, 0) is 11.8 Å². The van der Waals surface area contributed by atoms with E-state index in [1.54, 1.807) is 0 Å². The molecule has 0 aliphatic heterocycles. The Morgan fingerprint density at radius 3 is 2.30 bits per heavy atom. The normalized spacial score (nSPS) is 17.7. The first-order valence-corrected chi connectivity index (χ1v) is 7.90. The van der Waals surface area contributed by atoms with Gasteiger partial charge in [0, 0.05) is 0 Å². The molecule has 1 atom stereocenters. The Hall–Kier alpha value is -1.08. The van der Waals surface area contributed by atoms with Gasteiger partial charge >= 0.3 is 0 Å². The summed E-state index contributed by atoms with van der Waals surface area (Å²) in [6, 6.07) is 8.72. The summed E-state index contributed by atoms with van der Waals surface area (Å²) in [4.78, 5) is 0. The van der Waals surface area contributed by atoms with Crippen molar-refractivity contribution in [2.45, 2.75) is 70.8 Å². The molecule has 0 saturated carbocycles. The van der Waals surface area contributed by atoms with E-state index in [0.717, 1.165) is 12.8 Å². The van der Waals surface area contributed by atoms with Gasteiger partial charge in [-0.1, -0.05) is 56.7 Å². The SMILES string of the molecule is CC(C)(C)c1ccc(CC(O)CC2=CCCCC2)cc1. The van der Waals surface area contributed by atoms with Crippen LogP contribution in [0.5, 0.6) is 0 Å². The summed E-state index contributed by atoms with van der Waals surface area (Å²) in [6.45, 7) is 6.69. The van der Waals surface area contributed by atoms with Crippen LogP contribution >= 0.6 is 0 Å². The van der Waals surface area contributed by atoms with Gasteiger partial charge in [-0.25, -0.2) is 0 Å². The number of allylic oxidation sites excluding steroid dienone is 1. The van der Waals surface area contributed by atoms with Crippen LogP contribution in [0.15, 0.2) is 35.9 Å². The molecule has 1 aromatic rings. The summed E-state index contributed by atoms with van der Waals surface area (Å²) in [7, 11) is 0. The first-order valence-electron chi connectivity index (χ1n) is 7.90. The molecule has 2 rings (SSSR count). The van der Waals surface area contributed by atoms with E-state index in [1.807, 2.05) is 0 Å². The molecule has 1 aliphatic rings. The van der Waals surface area contributed by atoms with E-state index in [1.165, 1.54) is 42.4 Å². The van der Waals surface area contributed by atoms with Crippen molar-refractivity contribution in [1.82, 2.24) is 0 Å². The summed E-state index contributed by atoms with van der Waals surface area (Å²) >= 11 is 0. The molecule has 0 radical (unpaired) electrons. The summed E-state index contributed by atoms with van der Waals surface area (Å²) in [5, 5.41) is 10.2. The molecule has 0 spiro atoms. The minimum absolute atomic E-state index is 0.198. The Morgan fingerprint density at radius 2 is 1.75 bits per heavy atom. The van der Waals surface area contributed by atoms with Crippen LogP contribution in [0.1, 0.15) is 64.0 Å². The third-order valence-corrected chi connectivity index (χ3v) is 4.17. The van der Waals surface area contributed by atoms with Crippen molar-refractivity contribution in [2.24, 2.45) is 0 Å². The third-order valence-electron chi connectivity index (χ3n) is 4.17. The number of hydrogen-bond donors (Lipinski definition) is 1. The van der Waals surface area contributed by atoms with Crippen LogP contribution in [0.25, 0.3) is 0 Å². The smallest absolute Gasteiger partial charge is 0.0617 e. The highest BCUT2D eigenvalue weighted by Crippen LogP contribution is 2.24.